The minimum absolute atomic E-state index is 0.576. The first-order valence-corrected chi connectivity index (χ1v) is 9.08. The number of hydrogen-bond donors (Lipinski definition) is 1. The van der Waals surface area contributed by atoms with Crippen LogP contribution in [0.3, 0.4) is 0 Å². The number of nitrogens with zero attached hydrogens (tertiary/aromatic N) is 2. The first-order valence-electron chi connectivity index (χ1n) is 8.70. The molecule has 0 aliphatic carbocycles. The van der Waals surface area contributed by atoms with Gasteiger partial charge >= 0.3 is 0 Å². The normalized spacial score (nSPS) is 11.3. The third kappa shape index (κ3) is 4.35. The van der Waals surface area contributed by atoms with E-state index in [2.05, 4.69) is 21.9 Å². The third-order valence-corrected chi connectivity index (χ3v) is 4.17. The summed E-state index contributed by atoms with van der Waals surface area (Å²) in [6.07, 6.45) is 8.76. The van der Waals surface area contributed by atoms with Crippen molar-refractivity contribution in [3.63, 3.8) is 0 Å². The number of benzene rings is 1. The Bertz CT molecular complexity index is 905. The Morgan fingerprint density at radius 3 is 2.92 bits per heavy atom. The molecule has 2 aromatic heterocycles. The van der Waals surface area contributed by atoms with E-state index in [1.807, 2.05) is 36.4 Å². The lowest BCUT2D eigenvalue weighted by Crippen LogP contribution is -2.00. The van der Waals surface area contributed by atoms with Crippen LogP contribution in [0.25, 0.3) is 23.3 Å². The van der Waals surface area contributed by atoms with Gasteiger partial charge in [0.15, 0.2) is 17.1 Å². The highest BCUT2D eigenvalue weighted by Gasteiger charge is 2.09. The van der Waals surface area contributed by atoms with Crippen molar-refractivity contribution in [3.05, 3.63) is 46.9 Å². The molecule has 3 rings (SSSR count). The summed E-state index contributed by atoms with van der Waals surface area (Å²) in [4.78, 5) is 11.8. The van der Waals surface area contributed by atoms with E-state index in [1.54, 1.807) is 13.3 Å². The van der Waals surface area contributed by atoms with E-state index in [1.165, 1.54) is 0 Å². The number of nitrogens with one attached hydrogen (secondary N) is 1. The molecule has 3 aromatic rings. The Hall–Kier alpha value is -2.53. The molecule has 1 N–H and O–H groups in total. The van der Waals surface area contributed by atoms with Crippen LogP contribution in [0.4, 0.5) is 0 Å². The minimum Gasteiger partial charge on any atom is -0.493 e. The summed E-state index contributed by atoms with van der Waals surface area (Å²) in [7, 11) is 1.65. The second kappa shape index (κ2) is 8.72. The smallest absolute Gasteiger partial charge is 0.178 e. The maximum atomic E-state index is 5.99. The van der Waals surface area contributed by atoms with E-state index in [0.29, 0.717) is 23.1 Å². The lowest BCUT2D eigenvalue weighted by Gasteiger charge is -2.13. The van der Waals surface area contributed by atoms with Crippen LogP contribution < -0.4 is 9.47 Å². The van der Waals surface area contributed by atoms with Crippen molar-refractivity contribution in [2.75, 3.05) is 13.7 Å². The van der Waals surface area contributed by atoms with Crippen LogP contribution in [-0.2, 0) is 0 Å². The van der Waals surface area contributed by atoms with Gasteiger partial charge in [0.2, 0.25) is 0 Å². The number of hydrogen-bond acceptors (Lipinski definition) is 4. The maximum absolute atomic E-state index is 5.99. The first-order chi connectivity index (χ1) is 12.7. The van der Waals surface area contributed by atoms with Gasteiger partial charge in [0.05, 0.1) is 24.3 Å². The minimum atomic E-state index is 0.576. The topological polar surface area (TPSA) is 60.0 Å². The molecular weight excluding hydrogens is 350 g/mol. The van der Waals surface area contributed by atoms with Gasteiger partial charge in [-0.1, -0.05) is 43.5 Å². The summed E-state index contributed by atoms with van der Waals surface area (Å²) < 4.78 is 11.4. The highest BCUT2D eigenvalue weighted by molar-refractivity contribution is 6.31. The summed E-state index contributed by atoms with van der Waals surface area (Å²) in [6.45, 7) is 2.84. The zero-order chi connectivity index (χ0) is 18.4. The molecule has 0 saturated heterocycles. The van der Waals surface area contributed by atoms with Gasteiger partial charge in [-0.25, -0.2) is 9.97 Å². The molecule has 6 heteroatoms. The van der Waals surface area contributed by atoms with Crippen molar-refractivity contribution in [2.45, 2.75) is 26.2 Å². The predicted octanol–water partition coefficient (Wildman–Crippen LogP) is 5.36. The molecule has 2 heterocycles. The number of aromatic nitrogens is 3. The molecule has 0 amide bonds. The number of pyridine rings is 1. The van der Waals surface area contributed by atoms with Crippen LogP contribution in [0, 0.1) is 0 Å². The number of halogens is 1. The maximum Gasteiger partial charge on any atom is 0.178 e. The number of unbranched alkanes of at least 4 members (excludes halogenated alkanes) is 2. The molecule has 0 radical (unpaired) electrons. The molecule has 0 spiro atoms. The SMILES string of the molecule is CCCCCOc1c(/C=C/c2nc3ncc(Cl)cc3[nH]2)cccc1OC. The molecule has 0 unspecified atom stereocenters. The zero-order valence-electron chi connectivity index (χ0n) is 15.0. The van der Waals surface area contributed by atoms with Crippen LogP contribution >= 0.6 is 11.6 Å². The monoisotopic (exact) mass is 371 g/mol. The largest absolute Gasteiger partial charge is 0.493 e. The van der Waals surface area contributed by atoms with Crippen molar-refractivity contribution in [1.29, 1.82) is 0 Å². The molecule has 1 aromatic carbocycles. The van der Waals surface area contributed by atoms with Crippen LogP contribution in [0.15, 0.2) is 30.5 Å². The van der Waals surface area contributed by atoms with E-state index in [-0.39, 0.29) is 0 Å². The molecule has 0 atom stereocenters. The Balaban J connectivity index is 1.83. The van der Waals surface area contributed by atoms with Gasteiger partial charge in [-0.2, -0.15) is 0 Å². The van der Waals surface area contributed by atoms with Gasteiger partial charge in [-0.05, 0) is 30.7 Å². The summed E-state index contributed by atoms with van der Waals surface area (Å²) in [6, 6.07) is 7.64. The summed E-state index contributed by atoms with van der Waals surface area (Å²) in [5, 5.41) is 0.576. The van der Waals surface area contributed by atoms with Crippen molar-refractivity contribution >= 4 is 34.9 Å². The Labute approximate surface area is 158 Å². The fourth-order valence-electron chi connectivity index (χ4n) is 2.65. The molecule has 0 aliphatic rings. The van der Waals surface area contributed by atoms with Crippen LogP contribution in [0.5, 0.6) is 11.5 Å². The number of H-pyrrole nitrogens is 1. The number of imidazole rings is 1. The fourth-order valence-corrected chi connectivity index (χ4v) is 2.80. The Kier molecular flexibility index (Phi) is 6.12. The fraction of sp³-hybridized carbons (Fsp3) is 0.300. The van der Waals surface area contributed by atoms with Gasteiger partial charge in [-0.15, -0.1) is 0 Å². The van der Waals surface area contributed by atoms with Gasteiger partial charge in [0, 0.05) is 11.8 Å². The number of rotatable bonds is 8. The lowest BCUT2D eigenvalue weighted by atomic mass is 10.1. The second-order valence-electron chi connectivity index (χ2n) is 5.91. The third-order valence-electron chi connectivity index (χ3n) is 3.97. The average molecular weight is 372 g/mol. The van der Waals surface area contributed by atoms with Gasteiger partial charge in [-0.3, -0.25) is 0 Å². The van der Waals surface area contributed by atoms with E-state index in [9.17, 15) is 0 Å². The quantitative estimate of drug-likeness (QED) is 0.541. The average Bonchev–Trinajstić information content (AvgIpc) is 3.05. The van der Waals surface area contributed by atoms with Crippen LogP contribution in [0.1, 0.15) is 37.6 Å². The van der Waals surface area contributed by atoms with Gasteiger partial charge < -0.3 is 14.5 Å². The molecule has 0 saturated carbocycles. The van der Waals surface area contributed by atoms with Crippen molar-refractivity contribution in [1.82, 2.24) is 15.0 Å². The van der Waals surface area contributed by atoms with Crippen LogP contribution in [-0.4, -0.2) is 28.7 Å². The molecule has 5 nitrogen and oxygen atoms in total. The second-order valence-corrected chi connectivity index (χ2v) is 6.35. The lowest BCUT2D eigenvalue weighted by molar-refractivity contribution is 0.285. The first kappa shape index (κ1) is 18.3. The van der Waals surface area contributed by atoms with E-state index < -0.39 is 0 Å². The van der Waals surface area contributed by atoms with E-state index >= 15 is 0 Å². The molecule has 0 bridgehead atoms. The molecular formula is C20H22ClN3O2. The Morgan fingerprint density at radius 1 is 1.23 bits per heavy atom. The summed E-state index contributed by atoms with van der Waals surface area (Å²) >= 11 is 5.97. The summed E-state index contributed by atoms with van der Waals surface area (Å²) in [5.74, 6) is 2.18. The molecule has 0 fully saturated rings. The van der Waals surface area contributed by atoms with Crippen LogP contribution in [0.2, 0.25) is 5.02 Å². The zero-order valence-corrected chi connectivity index (χ0v) is 15.7. The van der Waals surface area contributed by atoms with E-state index in [0.717, 1.165) is 41.8 Å². The van der Waals surface area contributed by atoms with Crippen molar-refractivity contribution in [2.24, 2.45) is 0 Å². The van der Waals surface area contributed by atoms with Crippen molar-refractivity contribution < 1.29 is 9.47 Å². The molecule has 0 aliphatic heterocycles. The highest BCUT2D eigenvalue weighted by Crippen LogP contribution is 2.32. The van der Waals surface area contributed by atoms with Gasteiger partial charge in [0.1, 0.15) is 5.82 Å². The number of fused-ring (bicyclic) bond motifs is 1. The number of ether oxygens (including phenoxy) is 2. The summed E-state index contributed by atoms with van der Waals surface area (Å²) in [5.41, 5.74) is 2.38. The number of aromatic amines is 1. The van der Waals surface area contributed by atoms with Gasteiger partial charge in [0.25, 0.3) is 0 Å². The number of methoxy groups -OCH3 is 1. The molecule has 26 heavy (non-hydrogen) atoms. The van der Waals surface area contributed by atoms with Crippen molar-refractivity contribution in [3.8, 4) is 11.5 Å². The number of para-hydroxylation sites is 1. The molecule has 136 valence electrons. The van der Waals surface area contributed by atoms with E-state index in [4.69, 9.17) is 21.1 Å². The predicted molar refractivity (Wildman–Crippen MR) is 106 cm³/mol. The highest BCUT2D eigenvalue weighted by atomic mass is 35.5. The Morgan fingerprint density at radius 2 is 2.12 bits per heavy atom. The standard InChI is InChI=1S/C20H22ClN3O2/c1-3-4-5-11-26-19-14(7-6-8-17(19)25-2)9-10-18-23-16-12-15(21)13-22-20(16)24-18/h6-10,12-13H,3-5,11H2,1-2H3,(H,22,23,24)/b10-9+.